The van der Waals surface area contributed by atoms with E-state index in [-0.39, 0.29) is 11.3 Å². The first-order valence-corrected chi connectivity index (χ1v) is 8.08. The van der Waals surface area contributed by atoms with Crippen LogP contribution in [0, 0.1) is 0 Å². The number of hydrogen-bond donors (Lipinski definition) is 1. The summed E-state index contributed by atoms with van der Waals surface area (Å²) in [6.07, 6.45) is 3.01. The molecule has 0 bridgehead atoms. The summed E-state index contributed by atoms with van der Waals surface area (Å²) in [6.45, 7) is 6.89. The van der Waals surface area contributed by atoms with Gasteiger partial charge < -0.3 is 10.0 Å². The van der Waals surface area contributed by atoms with E-state index in [1.54, 1.807) is 18.2 Å². The predicted molar refractivity (Wildman–Crippen MR) is 97.3 cm³/mol. The van der Waals surface area contributed by atoms with Gasteiger partial charge in [-0.05, 0) is 61.6 Å². The lowest BCUT2D eigenvalue weighted by atomic mass is 9.80. The van der Waals surface area contributed by atoms with Crippen LogP contribution in [0.4, 0.5) is 11.4 Å². The van der Waals surface area contributed by atoms with E-state index in [1.165, 1.54) is 11.3 Å². The van der Waals surface area contributed by atoms with Gasteiger partial charge in [0.1, 0.15) is 5.75 Å². The Balaban J connectivity index is 1.91. The normalized spacial score (nSPS) is 19.8. The van der Waals surface area contributed by atoms with E-state index in [0.717, 1.165) is 17.7 Å². The maximum Gasteiger partial charge on any atom is 0.117 e. The molecule has 120 valence electrons. The SMILES string of the molecule is CC1CC(C)(C)N(C)c2ccc(C=Nc3cccc(O)c3)cc21. The van der Waals surface area contributed by atoms with Crippen LogP contribution in [0.3, 0.4) is 0 Å². The van der Waals surface area contributed by atoms with Crippen molar-refractivity contribution in [3.05, 3.63) is 53.6 Å². The predicted octanol–water partition coefficient (Wildman–Crippen LogP) is 4.86. The number of phenols is 1. The maximum atomic E-state index is 9.50. The van der Waals surface area contributed by atoms with Gasteiger partial charge in [-0.1, -0.05) is 19.1 Å². The first-order valence-electron chi connectivity index (χ1n) is 8.08. The average molecular weight is 308 g/mol. The Hall–Kier alpha value is -2.29. The molecule has 2 aromatic rings. The highest BCUT2D eigenvalue weighted by Crippen LogP contribution is 2.42. The van der Waals surface area contributed by atoms with E-state index in [1.807, 2.05) is 12.3 Å². The Labute approximate surface area is 138 Å². The smallest absolute Gasteiger partial charge is 0.117 e. The summed E-state index contributed by atoms with van der Waals surface area (Å²) in [5.41, 5.74) is 4.72. The minimum absolute atomic E-state index is 0.184. The lowest BCUT2D eigenvalue weighted by molar-refractivity contribution is 0.395. The topological polar surface area (TPSA) is 35.8 Å². The Kier molecular flexibility index (Phi) is 3.88. The van der Waals surface area contributed by atoms with Crippen molar-refractivity contribution in [3.8, 4) is 5.75 Å². The molecule has 3 heteroatoms. The standard InChI is InChI=1S/C20H24N2O/c1-14-12-20(2,3)22(4)19-9-8-15(10-18(14)19)13-21-16-6-5-7-17(23)11-16/h5-11,13-14,23H,12H2,1-4H3. The van der Waals surface area contributed by atoms with Crippen molar-refractivity contribution in [1.29, 1.82) is 0 Å². The van der Waals surface area contributed by atoms with Crippen molar-refractivity contribution in [2.75, 3.05) is 11.9 Å². The molecule has 0 saturated carbocycles. The highest BCUT2D eigenvalue weighted by atomic mass is 16.3. The number of anilines is 1. The molecule has 1 N–H and O–H groups in total. The molecule has 3 nitrogen and oxygen atoms in total. The van der Waals surface area contributed by atoms with Crippen molar-refractivity contribution >= 4 is 17.6 Å². The van der Waals surface area contributed by atoms with Gasteiger partial charge in [0, 0.05) is 30.6 Å². The molecule has 1 aliphatic rings. The van der Waals surface area contributed by atoms with Crippen molar-refractivity contribution < 1.29 is 5.11 Å². The van der Waals surface area contributed by atoms with Crippen LogP contribution >= 0.6 is 0 Å². The van der Waals surface area contributed by atoms with Crippen LogP contribution in [-0.2, 0) is 0 Å². The summed E-state index contributed by atoms with van der Waals surface area (Å²) >= 11 is 0. The van der Waals surface area contributed by atoms with E-state index in [9.17, 15) is 5.11 Å². The van der Waals surface area contributed by atoms with Crippen LogP contribution in [0.25, 0.3) is 0 Å². The minimum Gasteiger partial charge on any atom is -0.508 e. The van der Waals surface area contributed by atoms with E-state index >= 15 is 0 Å². The second-order valence-electron chi connectivity index (χ2n) is 7.07. The first-order chi connectivity index (χ1) is 10.9. The zero-order valence-corrected chi connectivity index (χ0v) is 14.2. The van der Waals surface area contributed by atoms with Gasteiger partial charge in [0.15, 0.2) is 0 Å². The first kappa shape index (κ1) is 15.6. The van der Waals surface area contributed by atoms with Crippen LogP contribution in [0.15, 0.2) is 47.5 Å². The second kappa shape index (κ2) is 5.73. The lowest BCUT2D eigenvalue weighted by Crippen LogP contribution is -2.45. The van der Waals surface area contributed by atoms with Gasteiger partial charge in [-0.15, -0.1) is 0 Å². The molecule has 0 fully saturated rings. The molecule has 1 heterocycles. The summed E-state index contributed by atoms with van der Waals surface area (Å²) in [5, 5.41) is 9.50. The van der Waals surface area contributed by atoms with Crippen molar-refractivity contribution in [1.82, 2.24) is 0 Å². The Morgan fingerprint density at radius 3 is 2.74 bits per heavy atom. The highest BCUT2D eigenvalue weighted by Gasteiger charge is 2.33. The number of nitrogens with zero attached hydrogens (tertiary/aromatic N) is 2. The molecular formula is C20H24N2O. The second-order valence-corrected chi connectivity index (χ2v) is 7.07. The zero-order chi connectivity index (χ0) is 16.6. The number of aromatic hydroxyl groups is 1. The molecule has 1 atom stereocenters. The monoisotopic (exact) mass is 308 g/mol. The van der Waals surface area contributed by atoms with Gasteiger partial charge >= 0.3 is 0 Å². The quantitative estimate of drug-likeness (QED) is 0.804. The molecule has 2 aromatic carbocycles. The number of rotatable bonds is 2. The Bertz CT molecular complexity index is 749. The van der Waals surface area contributed by atoms with Gasteiger partial charge in [0.25, 0.3) is 0 Å². The van der Waals surface area contributed by atoms with Gasteiger partial charge in [0.2, 0.25) is 0 Å². The van der Waals surface area contributed by atoms with Crippen LogP contribution < -0.4 is 4.90 Å². The van der Waals surface area contributed by atoms with Gasteiger partial charge in [0.05, 0.1) is 5.69 Å². The maximum absolute atomic E-state index is 9.50. The fourth-order valence-corrected chi connectivity index (χ4v) is 3.40. The van der Waals surface area contributed by atoms with E-state index in [0.29, 0.717) is 5.92 Å². The van der Waals surface area contributed by atoms with Crippen LogP contribution in [0.1, 0.15) is 44.2 Å². The summed E-state index contributed by atoms with van der Waals surface area (Å²) in [7, 11) is 2.17. The third-order valence-corrected chi connectivity index (χ3v) is 4.85. The van der Waals surface area contributed by atoms with Crippen LogP contribution in [0.5, 0.6) is 5.75 Å². The van der Waals surface area contributed by atoms with Crippen LogP contribution in [-0.4, -0.2) is 23.9 Å². The summed E-state index contributed by atoms with van der Waals surface area (Å²) in [6, 6.07) is 13.5. The van der Waals surface area contributed by atoms with Gasteiger partial charge in [-0.2, -0.15) is 0 Å². The van der Waals surface area contributed by atoms with E-state index < -0.39 is 0 Å². The number of phenolic OH excluding ortho intramolecular Hbond substituents is 1. The molecule has 0 amide bonds. The molecule has 3 rings (SSSR count). The molecule has 0 aromatic heterocycles. The third-order valence-electron chi connectivity index (χ3n) is 4.85. The minimum atomic E-state index is 0.184. The van der Waals surface area contributed by atoms with Crippen molar-refractivity contribution in [2.45, 2.75) is 38.6 Å². The number of hydrogen-bond acceptors (Lipinski definition) is 3. The molecule has 0 spiro atoms. The molecule has 0 radical (unpaired) electrons. The molecule has 0 saturated heterocycles. The lowest BCUT2D eigenvalue weighted by Gasteiger charge is -2.45. The Morgan fingerprint density at radius 1 is 1.22 bits per heavy atom. The van der Waals surface area contributed by atoms with Crippen molar-refractivity contribution in [3.63, 3.8) is 0 Å². The number of aliphatic imine (C=N–C) groups is 1. The number of fused-ring (bicyclic) bond motifs is 1. The van der Waals surface area contributed by atoms with Gasteiger partial charge in [-0.25, -0.2) is 0 Å². The number of benzene rings is 2. The van der Waals surface area contributed by atoms with Gasteiger partial charge in [-0.3, -0.25) is 4.99 Å². The average Bonchev–Trinajstić information content (AvgIpc) is 2.50. The molecule has 0 aliphatic carbocycles. The third kappa shape index (κ3) is 3.09. The summed E-state index contributed by atoms with van der Waals surface area (Å²) < 4.78 is 0. The molecular weight excluding hydrogens is 284 g/mol. The fourth-order valence-electron chi connectivity index (χ4n) is 3.40. The van der Waals surface area contributed by atoms with E-state index in [2.05, 4.69) is 55.9 Å². The highest BCUT2D eigenvalue weighted by molar-refractivity contribution is 5.83. The summed E-state index contributed by atoms with van der Waals surface area (Å²) in [5.74, 6) is 0.771. The molecule has 23 heavy (non-hydrogen) atoms. The Morgan fingerprint density at radius 2 is 2.00 bits per heavy atom. The van der Waals surface area contributed by atoms with Crippen molar-refractivity contribution in [2.24, 2.45) is 4.99 Å². The summed E-state index contributed by atoms with van der Waals surface area (Å²) in [4.78, 5) is 6.83. The largest absolute Gasteiger partial charge is 0.508 e. The molecule has 1 aliphatic heterocycles. The fraction of sp³-hybridized carbons (Fsp3) is 0.350. The molecule has 1 unspecified atom stereocenters. The zero-order valence-electron chi connectivity index (χ0n) is 14.2. The van der Waals surface area contributed by atoms with E-state index in [4.69, 9.17) is 0 Å². The van der Waals surface area contributed by atoms with Crippen LogP contribution in [0.2, 0.25) is 0 Å².